The Bertz CT molecular complexity index is 387. The summed E-state index contributed by atoms with van der Waals surface area (Å²) in [6.45, 7) is 0. The van der Waals surface area contributed by atoms with Crippen molar-refractivity contribution in [3.8, 4) is 17.6 Å². The minimum absolute atomic E-state index is 0.277. The van der Waals surface area contributed by atoms with Crippen LogP contribution in [0.25, 0.3) is 11.7 Å². The van der Waals surface area contributed by atoms with E-state index in [9.17, 15) is 0 Å². The molecule has 0 amide bonds. The normalized spacial score (nSPS) is 9.92. The first-order valence-corrected chi connectivity index (χ1v) is 3.54. The lowest BCUT2D eigenvalue weighted by atomic mass is 10.5. The third kappa shape index (κ3) is 1.46. The molecule has 0 aromatic carbocycles. The van der Waals surface area contributed by atoms with Crippen molar-refractivity contribution in [3.63, 3.8) is 0 Å². The van der Waals surface area contributed by atoms with Crippen molar-refractivity contribution in [2.75, 3.05) is 7.11 Å². The van der Waals surface area contributed by atoms with E-state index in [1.807, 2.05) is 0 Å². The second kappa shape index (κ2) is 3.18. The van der Waals surface area contributed by atoms with E-state index in [1.54, 1.807) is 12.3 Å². The molecule has 2 aromatic heterocycles. The third-order valence-corrected chi connectivity index (χ3v) is 1.39. The summed E-state index contributed by atoms with van der Waals surface area (Å²) in [7, 11) is 1.53. The van der Waals surface area contributed by atoms with Gasteiger partial charge in [0.25, 0.3) is 5.89 Å². The Morgan fingerprint density at radius 1 is 1.46 bits per heavy atom. The molecule has 0 saturated carbocycles. The van der Waals surface area contributed by atoms with Gasteiger partial charge in [0, 0.05) is 12.3 Å². The maximum absolute atomic E-state index is 4.92. The highest BCUT2D eigenvalue weighted by atomic mass is 16.5. The smallest absolute Gasteiger partial charge is 0.285 e. The minimum Gasteiger partial charge on any atom is -0.481 e. The van der Waals surface area contributed by atoms with E-state index < -0.39 is 0 Å². The molecule has 0 atom stereocenters. The fraction of sp³-hybridized carbons (Fsp3) is 0.143. The van der Waals surface area contributed by atoms with Crippen molar-refractivity contribution in [1.29, 1.82) is 0 Å². The number of nitrogens with zero attached hydrogens (tertiary/aromatic N) is 4. The highest BCUT2D eigenvalue weighted by molar-refractivity contribution is 5.39. The van der Waals surface area contributed by atoms with E-state index in [0.717, 1.165) is 0 Å². The lowest BCUT2D eigenvalue weighted by molar-refractivity contribution is 0.396. The molecule has 0 saturated heterocycles. The maximum Gasteiger partial charge on any atom is 0.285 e. The summed E-state index contributed by atoms with van der Waals surface area (Å²) in [6, 6.07) is 1.64. The van der Waals surface area contributed by atoms with Crippen LogP contribution in [-0.4, -0.2) is 27.3 Å². The average molecular weight is 178 g/mol. The summed E-state index contributed by atoms with van der Waals surface area (Å²) in [5.41, 5.74) is 0. The van der Waals surface area contributed by atoms with Gasteiger partial charge in [-0.1, -0.05) is 0 Å². The number of aromatic nitrogens is 4. The number of hydrogen-bond acceptors (Lipinski definition) is 6. The van der Waals surface area contributed by atoms with E-state index >= 15 is 0 Å². The number of methoxy groups -OCH3 is 1. The molecule has 6 heteroatoms. The molecule has 0 N–H and O–H groups in total. The molecule has 0 aliphatic carbocycles. The summed E-state index contributed by atoms with van der Waals surface area (Å²) < 4.78 is 9.83. The molecule has 0 radical (unpaired) electrons. The summed E-state index contributed by atoms with van der Waals surface area (Å²) in [5, 5.41) is 7.18. The second-order valence-electron chi connectivity index (χ2n) is 2.17. The van der Waals surface area contributed by atoms with Crippen molar-refractivity contribution >= 4 is 0 Å². The van der Waals surface area contributed by atoms with E-state index in [-0.39, 0.29) is 5.89 Å². The van der Waals surface area contributed by atoms with Gasteiger partial charge < -0.3 is 9.15 Å². The van der Waals surface area contributed by atoms with Crippen LogP contribution in [-0.2, 0) is 0 Å². The molecule has 2 rings (SSSR count). The SMILES string of the molecule is COc1ccnc(-c2nnco2)n1. The lowest BCUT2D eigenvalue weighted by Gasteiger charge is -1.97. The Kier molecular flexibility index (Phi) is 1.87. The second-order valence-corrected chi connectivity index (χ2v) is 2.17. The molecule has 6 nitrogen and oxygen atoms in total. The predicted molar refractivity (Wildman–Crippen MR) is 41.9 cm³/mol. The zero-order valence-corrected chi connectivity index (χ0v) is 6.84. The van der Waals surface area contributed by atoms with Crippen LogP contribution in [0.1, 0.15) is 0 Å². The molecule has 0 fully saturated rings. The summed E-state index contributed by atoms with van der Waals surface area (Å²) in [5.74, 6) is 1.10. The van der Waals surface area contributed by atoms with Crippen molar-refractivity contribution in [3.05, 3.63) is 18.7 Å². The summed E-state index contributed by atoms with van der Waals surface area (Å²) in [6.07, 6.45) is 2.78. The van der Waals surface area contributed by atoms with Gasteiger partial charge in [-0.05, 0) is 0 Å². The number of hydrogen-bond donors (Lipinski definition) is 0. The molecule has 2 aromatic rings. The van der Waals surface area contributed by atoms with Crippen LogP contribution in [0, 0.1) is 0 Å². The number of ether oxygens (including phenoxy) is 1. The molecule has 0 aliphatic rings. The Balaban J connectivity index is 2.41. The molecule has 2 heterocycles. The van der Waals surface area contributed by atoms with Crippen LogP contribution >= 0.6 is 0 Å². The molecule has 0 unspecified atom stereocenters. The van der Waals surface area contributed by atoms with Gasteiger partial charge in [0.05, 0.1) is 7.11 Å². The fourth-order valence-electron chi connectivity index (χ4n) is 0.829. The monoisotopic (exact) mass is 178 g/mol. The highest BCUT2D eigenvalue weighted by Gasteiger charge is 2.07. The first-order valence-electron chi connectivity index (χ1n) is 3.54. The largest absolute Gasteiger partial charge is 0.481 e. The fourth-order valence-corrected chi connectivity index (χ4v) is 0.829. The standard InChI is InChI=1S/C7H6N4O2/c1-12-5-2-3-8-6(10-5)7-11-9-4-13-7/h2-4H,1H3. The van der Waals surface area contributed by atoms with E-state index in [4.69, 9.17) is 9.15 Å². The quantitative estimate of drug-likeness (QED) is 0.667. The predicted octanol–water partition coefficient (Wildman–Crippen LogP) is 0.535. The van der Waals surface area contributed by atoms with Crippen molar-refractivity contribution in [1.82, 2.24) is 20.2 Å². The van der Waals surface area contributed by atoms with Crippen LogP contribution in [0.3, 0.4) is 0 Å². The molecule has 0 bridgehead atoms. The topological polar surface area (TPSA) is 73.9 Å². The molecule has 0 spiro atoms. The van der Waals surface area contributed by atoms with Crippen molar-refractivity contribution in [2.45, 2.75) is 0 Å². The van der Waals surface area contributed by atoms with Crippen molar-refractivity contribution in [2.24, 2.45) is 0 Å². The first kappa shape index (κ1) is 7.66. The Hall–Kier alpha value is -1.98. The average Bonchev–Trinajstić information content (AvgIpc) is 2.71. The Labute approximate surface area is 73.6 Å². The van der Waals surface area contributed by atoms with Gasteiger partial charge in [-0.2, -0.15) is 4.98 Å². The van der Waals surface area contributed by atoms with Crippen LogP contribution < -0.4 is 4.74 Å². The highest BCUT2D eigenvalue weighted by Crippen LogP contribution is 2.13. The molecule has 66 valence electrons. The molecule has 0 aliphatic heterocycles. The van der Waals surface area contributed by atoms with E-state index in [2.05, 4.69) is 20.2 Å². The van der Waals surface area contributed by atoms with E-state index in [1.165, 1.54) is 13.5 Å². The minimum atomic E-state index is 0.277. The van der Waals surface area contributed by atoms with Gasteiger partial charge in [-0.15, -0.1) is 10.2 Å². The molecular formula is C7H6N4O2. The van der Waals surface area contributed by atoms with Crippen LogP contribution in [0.15, 0.2) is 23.1 Å². The molecule has 13 heavy (non-hydrogen) atoms. The van der Waals surface area contributed by atoms with Crippen LogP contribution in [0.5, 0.6) is 5.88 Å². The van der Waals surface area contributed by atoms with Crippen molar-refractivity contribution < 1.29 is 9.15 Å². The van der Waals surface area contributed by atoms with Gasteiger partial charge in [0.15, 0.2) is 0 Å². The van der Waals surface area contributed by atoms with E-state index in [0.29, 0.717) is 11.7 Å². The van der Waals surface area contributed by atoms with Gasteiger partial charge in [0.1, 0.15) is 0 Å². The zero-order valence-electron chi connectivity index (χ0n) is 6.84. The van der Waals surface area contributed by atoms with Gasteiger partial charge in [0.2, 0.25) is 18.1 Å². The zero-order chi connectivity index (χ0) is 9.10. The Morgan fingerprint density at radius 3 is 3.08 bits per heavy atom. The third-order valence-electron chi connectivity index (χ3n) is 1.39. The summed E-state index contributed by atoms with van der Waals surface area (Å²) >= 11 is 0. The maximum atomic E-state index is 4.92. The van der Waals surface area contributed by atoms with Crippen LogP contribution in [0.2, 0.25) is 0 Å². The van der Waals surface area contributed by atoms with Gasteiger partial charge in [-0.25, -0.2) is 4.98 Å². The molecular weight excluding hydrogens is 172 g/mol. The lowest BCUT2D eigenvalue weighted by Crippen LogP contribution is -1.92. The van der Waals surface area contributed by atoms with Gasteiger partial charge >= 0.3 is 0 Å². The summed E-state index contributed by atoms with van der Waals surface area (Å²) in [4.78, 5) is 7.95. The van der Waals surface area contributed by atoms with Crippen LogP contribution in [0.4, 0.5) is 0 Å². The Morgan fingerprint density at radius 2 is 2.38 bits per heavy atom. The first-order chi connectivity index (χ1) is 6.40. The number of rotatable bonds is 2. The van der Waals surface area contributed by atoms with Gasteiger partial charge in [-0.3, -0.25) is 0 Å².